The van der Waals surface area contributed by atoms with Gasteiger partial charge in [-0.1, -0.05) is 6.08 Å². The zero-order chi connectivity index (χ0) is 12.1. The third-order valence-corrected chi connectivity index (χ3v) is 3.83. The molecule has 0 N–H and O–H groups in total. The molecule has 1 aromatic carbocycles. The second kappa shape index (κ2) is 3.38. The van der Waals surface area contributed by atoms with Crippen LogP contribution in [0.5, 0.6) is 0 Å². The van der Waals surface area contributed by atoms with E-state index in [9.17, 15) is 0 Å². The van der Waals surface area contributed by atoms with Gasteiger partial charge in [-0.05, 0) is 63.5 Å². The molecule has 1 aliphatic rings. The Balaban J connectivity index is 2.69. The van der Waals surface area contributed by atoms with Gasteiger partial charge in [-0.15, -0.1) is 0 Å². The van der Waals surface area contributed by atoms with E-state index in [2.05, 4.69) is 64.8 Å². The van der Waals surface area contributed by atoms with Crippen LogP contribution in [-0.2, 0) is 0 Å². The number of allylic oxidation sites excluding steroid dienone is 1. The van der Waals surface area contributed by atoms with Crippen LogP contribution in [-0.4, -0.2) is 12.6 Å². The Kier molecular flexibility index (Phi) is 2.37. The van der Waals surface area contributed by atoms with Gasteiger partial charge in [0.2, 0.25) is 0 Å². The lowest BCUT2D eigenvalue weighted by Crippen LogP contribution is -2.42. The summed E-state index contributed by atoms with van der Waals surface area (Å²) in [4.78, 5) is 2.36. The van der Waals surface area contributed by atoms with Gasteiger partial charge < -0.3 is 4.90 Å². The highest BCUT2D eigenvalue weighted by atomic mass is 15.2. The summed E-state index contributed by atoms with van der Waals surface area (Å²) >= 11 is 0. The lowest BCUT2D eigenvalue weighted by atomic mass is 9.87. The van der Waals surface area contributed by atoms with Crippen LogP contribution in [0.15, 0.2) is 18.2 Å². The first-order chi connectivity index (χ1) is 7.33. The van der Waals surface area contributed by atoms with Crippen LogP contribution in [0.4, 0.5) is 5.69 Å². The molecule has 1 aliphatic heterocycles. The molecule has 0 unspecified atom stereocenters. The first-order valence-corrected chi connectivity index (χ1v) is 5.88. The molecule has 1 heteroatoms. The minimum Gasteiger partial charge on any atom is -0.365 e. The Labute approximate surface area is 98.8 Å². The molecule has 16 heavy (non-hydrogen) atoms. The fraction of sp³-hybridized carbons (Fsp3) is 0.467. The van der Waals surface area contributed by atoms with E-state index < -0.39 is 0 Å². The highest BCUT2D eigenvalue weighted by Crippen LogP contribution is 2.38. The van der Waals surface area contributed by atoms with Crippen LogP contribution in [0.25, 0.3) is 5.57 Å². The van der Waals surface area contributed by atoms with Crippen LogP contribution in [0.3, 0.4) is 0 Å². The van der Waals surface area contributed by atoms with Crippen molar-refractivity contribution in [3.05, 3.63) is 34.9 Å². The first-order valence-electron chi connectivity index (χ1n) is 5.88. The summed E-state index contributed by atoms with van der Waals surface area (Å²) in [6.07, 6.45) is 2.35. The minimum atomic E-state index is 0.110. The van der Waals surface area contributed by atoms with E-state index in [1.807, 2.05) is 0 Å². The van der Waals surface area contributed by atoms with E-state index in [-0.39, 0.29) is 5.54 Å². The fourth-order valence-electron chi connectivity index (χ4n) is 2.41. The number of fused-ring (bicyclic) bond motifs is 1. The fourth-order valence-corrected chi connectivity index (χ4v) is 2.41. The first kappa shape index (κ1) is 11.3. The standard InChI is InChI=1S/C15H21N/c1-10-7-13-12(3)9-15(4,5)16(6)14(13)8-11(10)2/h7-9H,1-6H3. The predicted octanol–water partition coefficient (Wildman–Crippen LogP) is 3.94. The van der Waals surface area contributed by atoms with Crippen molar-refractivity contribution < 1.29 is 0 Å². The number of likely N-dealkylation sites (N-methyl/N-ethyl adjacent to an activating group) is 1. The van der Waals surface area contributed by atoms with Gasteiger partial charge in [-0.2, -0.15) is 0 Å². The average Bonchev–Trinajstić information content (AvgIpc) is 2.17. The van der Waals surface area contributed by atoms with Gasteiger partial charge in [0.1, 0.15) is 0 Å². The number of nitrogens with zero attached hydrogens (tertiary/aromatic N) is 1. The second-order valence-electron chi connectivity index (χ2n) is 5.49. The molecular formula is C15H21N. The monoisotopic (exact) mass is 215 g/mol. The predicted molar refractivity (Wildman–Crippen MR) is 72.0 cm³/mol. The highest BCUT2D eigenvalue weighted by molar-refractivity contribution is 5.81. The quantitative estimate of drug-likeness (QED) is 0.633. The van der Waals surface area contributed by atoms with E-state index in [1.165, 1.54) is 28.0 Å². The number of aryl methyl sites for hydroxylation is 2. The van der Waals surface area contributed by atoms with Crippen molar-refractivity contribution in [2.75, 3.05) is 11.9 Å². The van der Waals surface area contributed by atoms with Gasteiger partial charge in [0.15, 0.2) is 0 Å². The SMILES string of the molecule is CC1=CC(C)(C)N(C)c2cc(C)c(C)cc21. The van der Waals surface area contributed by atoms with Gasteiger partial charge in [0.05, 0.1) is 5.54 Å². The van der Waals surface area contributed by atoms with Crippen molar-refractivity contribution in [1.82, 2.24) is 0 Å². The molecule has 0 spiro atoms. The number of rotatable bonds is 0. The maximum atomic E-state index is 2.36. The molecule has 0 aromatic heterocycles. The van der Waals surface area contributed by atoms with Gasteiger partial charge in [0.25, 0.3) is 0 Å². The third kappa shape index (κ3) is 1.55. The Bertz CT molecular complexity index is 467. The molecule has 0 bridgehead atoms. The number of hydrogen-bond acceptors (Lipinski definition) is 1. The van der Waals surface area contributed by atoms with Crippen LogP contribution >= 0.6 is 0 Å². The van der Waals surface area contributed by atoms with Gasteiger partial charge in [0, 0.05) is 18.3 Å². The zero-order valence-electron chi connectivity index (χ0n) is 11.2. The van der Waals surface area contributed by atoms with Crippen LogP contribution < -0.4 is 4.90 Å². The van der Waals surface area contributed by atoms with Crippen molar-refractivity contribution in [3.8, 4) is 0 Å². The molecule has 1 nitrogen and oxygen atoms in total. The summed E-state index contributed by atoms with van der Waals surface area (Å²) in [5.74, 6) is 0. The Morgan fingerprint density at radius 3 is 2.19 bits per heavy atom. The zero-order valence-corrected chi connectivity index (χ0v) is 11.2. The Hall–Kier alpha value is -1.24. The molecule has 0 amide bonds. The summed E-state index contributed by atoms with van der Waals surface area (Å²) < 4.78 is 0. The average molecular weight is 215 g/mol. The molecule has 0 atom stereocenters. The molecule has 0 saturated carbocycles. The highest BCUT2D eigenvalue weighted by Gasteiger charge is 2.28. The van der Waals surface area contributed by atoms with Crippen molar-refractivity contribution in [3.63, 3.8) is 0 Å². The smallest absolute Gasteiger partial charge is 0.0531 e. The lowest BCUT2D eigenvalue weighted by molar-refractivity contribution is 0.597. The molecule has 1 heterocycles. The molecular weight excluding hydrogens is 194 g/mol. The summed E-state index contributed by atoms with van der Waals surface area (Å²) in [6, 6.07) is 4.62. The Morgan fingerprint density at radius 1 is 1.00 bits per heavy atom. The van der Waals surface area contributed by atoms with Crippen LogP contribution in [0.1, 0.15) is 37.5 Å². The van der Waals surface area contributed by atoms with Crippen molar-refractivity contribution in [1.29, 1.82) is 0 Å². The van der Waals surface area contributed by atoms with Crippen LogP contribution in [0, 0.1) is 13.8 Å². The van der Waals surface area contributed by atoms with Crippen molar-refractivity contribution in [2.24, 2.45) is 0 Å². The van der Waals surface area contributed by atoms with Crippen molar-refractivity contribution >= 4 is 11.3 Å². The van der Waals surface area contributed by atoms with Gasteiger partial charge in [-0.3, -0.25) is 0 Å². The number of anilines is 1. The summed E-state index contributed by atoms with van der Waals surface area (Å²) in [5, 5.41) is 0. The van der Waals surface area contributed by atoms with Gasteiger partial charge >= 0.3 is 0 Å². The molecule has 86 valence electrons. The number of hydrogen-bond donors (Lipinski definition) is 0. The summed E-state index contributed by atoms with van der Waals surface area (Å²) in [6.45, 7) is 11.1. The normalized spacial score (nSPS) is 18.1. The summed E-state index contributed by atoms with van der Waals surface area (Å²) in [5.41, 5.74) is 6.98. The minimum absolute atomic E-state index is 0.110. The summed E-state index contributed by atoms with van der Waals surface area (Å²) in [7, 11) is 2.18. The van der Waals surface area contributed by atoms with E-state index in [1.54, 1.807) is 0 Å². The molecule has 1 aromatic rings. The van der Waals surface area contributed by atoms with E-state index >= 15 is 0 Å². The molecule has 0 aliphatic carbocycles. The molecule has 0 fully saturated rings. The lowest BCUT2D eigenvalue weighted by Gasteiger charge is -2.41. The molecule has 0 saturated heterocycles. The molecule has 0 radical (unpaired) electrons. The molecule has 2 rings (SSSR count). The van der Waals surface area contributed by atoms with Crippen LogP contribution in [0.2, 0.25) is 0 Å². The maximum Gasteiger partial charge on any atom is 0.0531 e. The number of benzene rings is 1. The van der Waals surface area contributed by atoms with E-state index in [4.69, 9.17) is 0 Å². The second-order valence-corrected chi connectivity index (χ2v) is 5.49. The third-order valence-electron chi connectivity index (χ3n) is 3.83. The van der Waals surface area contributed by atoms with Crippen molar-refractivity contribution in [2.45, 2.75) is 40.2 Å². The topological polar surface area (TPSA) is 3.24 Å². The van der Waals surface area contributed by atoms with E-state index in [0.717, 1.165) is 0 Å². The maximum absolute atomic E-state index is 2.36. The largest absolute Gasteiger partial charge is 0.365 e. The Morgan fingerprint density at radius 2 is 1.56 bits per heavy atom. The van der Waals surface area contributed by atoms with E-state index in [0.29, 0.717) is 0 Å². The van der Waals surface area contributed by atoms with Gasteiger partial charge in [-0.25, -0.2) is 0 Å².